The van der Waals surface area contributed by atoms with E-state index >= 15 is 0 Å². The number of amides is 2. The number of halogens is 1. The van der Waals surface area contributed by atoms with Gasteiger partial charge in [-0.2, -0.15) is 5.10 Å². The van der Waals surface area contributed by atoms with Crippen molar-refractivity contribution < 1.29 is 14.0 Å². The normalized spacial score (nSPS) is 10.4. The molecule has 0 aliphatic rings. The summed E-state index contributed by atoms with van der Waals surface area (Å²) in [5, 5.41) is 9.69. The molecule has 2 aromatic carbocycles. The Morgan fingerprint density at radius 2 is 1.65 bits per heavy atom. The second-order valence-corrected chi connectivity index (χ2v) is 5.78. The average Bonchev–Trinajstić information content (AvgIpc) is 2.97. The minimum Gasteiger partial charge on any atom is -0.326 e. The number of carbonyl (C=O) groups excluding carboxylic acids is 2. The lowest BCUT2D eigenvalue weighted by Crippen LogP contribution is -2.13. The smallest absolute Gasteiger partial charge is 0.276 e. The van der Waals surface area contributed by atoms with Gasteiger partial charge in [0.05, 0.1) is 5.69 Å². The number of hydrogen-bond acceptors (Lipinski definition) is 3. The van der Waals surface area contributed by atoms with Crippen molar-refractivity contribution >= 4 is 23.2 Å². The van der Waals surface area contributed by atoms with Gasteiger partial charge in [-0.1, -0.05) is 6.07 Å². The first-order valence-corrected chi connectivity index (χ1v) is 7.94. The van der Waals surface area contributed by atoms with Crippen molar-refractivity contribution in [2.24, 2.45) is 0 Å². The Labute approximate surface area is 149 Å². The Morgan fingerprint density at radius 3 is 2.31 bits per heavy atom. The Hall–Kier alpha value is -3.48. The molecule has 0 spiro atoms. The lowest BCUT2D eigenvalue weighted by Gasteiger charge is -2.07. The van der Waals surface area contributed by atoms with Crippen molar-refractivity contribution in [3.63, 3.8) is 0 Å². The monoisotopic (exact) mass is 352 g/mol. The lowest BCUT2D eigenvalue weighted by molar-refractivity contribution is -0.114. The zero-order valence-corrected chi connectivity index (χ0v) is 14.3. The van der Waals surface area contributed by atoms with E-state index in [0.717, 1.165) is 5.69 Å². The summed E-state index contributed by atoms with van der Waals surface area (Å²) in [6, 6.07) is 14.3. The van der Waals surface area contributed by atoms with E-state index in [-0.39, 0.29) is 23.3 Å². The van der Waals surface area contributed by atoms with E-state index in [1.54, 1.807) is 47.1 Å². The van der Waals surface area contributed by atoms with Crippen molar-refractivity contribution in [3.8, 4) is 5.69 Å². The Balaban J connectivity index is 1.80. The Bertz CT molecular complexity index is 964. The maximum atomic E-state index is 13.1. The summed E-state index contributed by atoms with van der Waals surface area (Å²) in [5.41, 5.74) is 2.76. The molecule has 3 rings (SSSR count). The van der Waals surface area contributed by atoms with Gasteiger partial charge in [0.1, 0.15) is 5.82 Å². The second kappa shape index (κ2) is 7.18. The van der Waals surface area contributed by atoms with E-state index in [1.807, 2.05) is 6.92 Å². The number of hydrogen-bond donors (Lipinski definition) is 2. The van der Waals surface area contributed by atoms with Crippen LogP contribution in [0.5, 0.6) is 0 Å². The molecule has 0 saturated carbocycles. The van der Waals surface area contributed by atoms with Crippen LogP contribution in [0.3, 0.4) is 0 Å². The highest BCUT2D eigenvalue weighted by Crippen LogP contribution is 2.17. The number of carbonyl (C=O) groups is 2. The molecule has 0 radical (unpaired) electrons. The zero-order chi connectivity index (χ0) is 18.7. The molecule has 0 bridgehead atoms. The first-order valence-electron chi connectivity index (χ1n) is 7.94. The summed E-state index contributed by atoms with van der Waals surface area (Å²) in [7, 11) is 0. The van der Waals surface area contributed by atoms with Crippen LogP contribution in [0.1, 0.15) is 23.1 Å². The third-order valence-electron chi connectivity index (χ3n) is 3.63. The Morgan fingerprint density at radius 1 is 1.00 bits per heavy atom. The number of aromatic nitrogens is 2. The van der Waals surface area contributed by atoms with Gasteiger partial charge in [-0.25, -0.2) is 9.07 Å². The average molecular weight is 352 g/mol. The number of nitrogens with zero attached hydrogens (tertiary/aromatic N) is 2. The Kier molecular flexibility index (Phi) is 4.79. The van der Waals surface area contributed by atoms with Gasteiger partial charge < -0.3 is 10.6 Å². The van der Waals surface area contributed by atoms with Gasteiger partial charge in [-0.05, 0) is 55.5 Å². The van der Waals surface area contributed by atoms with Gasteiger partial charge in [-0.3, -0.25) is 9.59 Å². The maximum absolute atomic E-state index is 13.1. The summed E-state index contributed by atoms with van der Waals surface area (Å²) in [5.74, 6) is -0.911. The molecule has 2 amide bonds. The van der Waals surface area contributed by atoms with Crippen molar-refractivity contribution in [1.82, 2.24) is 9.78 Å². The molecule has 1 heterocycles. The fraction of sp³-hybridized carbons (Fsp3) is 0.105. The predicted octanol–water partition coefficient (Wildman–Crippen LogP) is 3.53. The van der Waals surface area contributed by atoms with Crippen molar-refractivity contribution in [3.05, 3.63) is 71.8 Å². The van der Waals surface area contributed by atoms with Gasteiger partial charge in [0.25, 0.3) is 5.91 Å². The summed E-state index contributed by atoms with van der Waals surface area (Å²) in [6.45, 7) is 3.22. The largest absolute Gasteiger partial charge is 0.326 e. The van der Waals surface area contributed by atoms with Crippen LogP contribution in [0.25, 0.3) is 5.69 Å². The van der Waals surface area contributed by atoms with Crippen LogP contribution in [0.15, 0.2) is 54.6 Å². The van der Waals surface area contributed by atoms with E-state index in [2.05, 4.69) is 15.7 Å². The maximum Gasteiger partial charge on any atom is 0.276 e. The number of nitrogens with one attached hydrogen (secondary N) is 2. The molecule has 132 valence electrons. The minimum absolute atomic E-state index is 0.192. The number of aryl methyl sites for hydroxylation is 1. The third kappa shape index (κ3) is 3.94. The van der Waals surface area contributed by atoms with Crippen molar-refractivity contribution in [1.29, 1.82) is 0 Å². The van der Waals surface area contributed by atoms with Gasteiger partial charge >= 0.3 is 0 Å². The first kappa shape index (κ1) is 17.3. The zero-order valence-electron chi connectivity index (χ0n) is 14.3. The van der Waals surface area contributed by atoms with E-state index in [1.165, 1.54) is 19.1 Å². The van der Waals surface area contributed by atoms with Crippen molar-refractivity contribution in [2.75, 3.05) is 10.6 Å². The predicted molar refractivity (Wildman–Crippen MR) is 97.0 cm³/mol. The third-order valence-corrected chi connectivity index (χ3v) is 3.63. The van der Waals surface area contributed by atoms with Crippen LogP contribution in [0.4, 0.5) is 15.8 Å². The van der Waals surface area contributed by atoms with Crippen LogP contribution in [-0.4, -0.2) is 21.6 Å². The van der Waals surface area contributed by atoms with Crippen molar-refractivity contribution in [2.45, 2.75) is 13.8 Å². The fourth-order valence-electron chi connectivity index (χ4n) is 2.50. The highest BCUT2D eigenvalue weighted by molar-refractivity contribution is 6.03. The molecule has 0 aliphatic carbocycles. The van der Waals surface area contributed by atoms with Gasteiger partial charge in [0.15, 0.2) is 5.69 Å². The summed E-state index contributed by atoms with van der Waals surface area (Å²) in [4.78, 5) is 23.6. The second-order valence-electron chi connectivity index (χ2n) is 5.78. The molecule has 7 heteroatoms. The van der Waals surface area contributed by atoms with Crippen LogP contribution < -0.4 is 10.6 Å². The standard InChI is InChI=1S/C19H17FN4O2/c1-12-10-18(23-24(12)17-8-6-14(20)7-9-17)19(26)22-16-5-3-4-15(11-16)21-13(2)25/h3-11H,1-2H3,(H,21,25)(H,22,26). The molecule has 6 nitrogen and oxygen atoms in total. The van der Waals surface area contributed by atoms with Crippen LogP contribution in [0, 0.1) is 12.7 Å². The molecular weight excluding hydrogens is 335 g/mol. The van der Waals surface area contributed by atoms with Gasteiger partial charge in [0.2, 0.25) is 5.91 Å². The molecule has 0 aliphatic heterocycles. The molecule has 26 heavy (non-hydrogen) atoms. The number of benzene rings is 2. The topological polar surface area (TPSA) is 76.0 Å². The van der Waals surface area contributed by atoms with E-state index in [9.17, 15) is 14.0 Å². The molecule has 3 aromatic rings. The van der Waals surface area contributed by atoms with E-state index < -0.39 is 0 Å². The molecule has 0 atom stereocenters. The minimum atomic E-state index is -0.381. The molecular formula is C19H17FN4O2. The fourth-order valence-corrected chi connectivity index (χ4v) is 2.50. The summed E-state index contributed by atoms with van der Waals surface area (Å²) >= 11 is 0. The van der Waals surface area contributed by atoms with Crippen LogP contribution in [0.2, 0.25) is 0 Å². The quantitative estimate of drug-likeness (QED) is 0.754. The molecule has 0 fully saturated rings. The highest BCUT2D eigenvalue weighted by Gasteiger charge is 2.14. The number of rotatable bonds is 4. The molecule has 2 N–H and O–H groups in total. The van der Waals surface area contributed by atoms with Gasteiger partial charge in [0, 0.05) is 24.0 Å². The lowest BCUT2D eigenvalue weighted by atomic mass is 10.2. The first-order chi connectivity index (χ1) is 12.4. The summed E-state index contributed by atoms with van der Waals surface area (Å²) < 4.78 is 14.6. The SMILES string of the molecule is CC(=O)Nc1cccc(NC(=O)c2cc(C)n(-c3ccc(F)cc3)n2)c1. The highest BCUT2D eigenvalue weighted by atomic mass is 19.1. The number of anilines is 2. The van der Waals surface area contributed by atoms with E-state index in [4.69, 9.17) is 0 Å². The van der Waals surface area contributed by atoms with Gasteiger partial charge in [-0.15, -0.1) is 0 Å². The molecule has 0 saturated heterocycles. The molecule has 0 unspecified atom stereocenters. The van der Waals surface area contributed by atoms with E-state index in [0.29, 0.717) is 17.1 Å². The van der Waals surface area contributed by atoms with Crippen LogP contribution >= 0.6 is 0 Å². The summed E-state index contributed by atoms with van der Waals surface area (Å²) in [6.07, 6.45) is 0. The van der Waals surface area contributed by atoms with Crippen LogP contribution in [-0.2, 0) is 4.79 Å². The molecule has 1 aromatic heterocycles.